The maximum Gasteiger partial charge on any atom is 0.407 e. The maximum atomic E-state index is 11.9. The van der Waals surface area contributed by atoms with Crippen molar-refractivity contribution in [3.05, 3.63) is 0 Å². The van der Waals surface area contributed by atoms with Crippen LogP contribution in [0, 0.1) is 5.92 Å². The number of amides is 2. The van der Waals surface area contributed by atoms with Gasteiger partial charge in [-0.25, -0.2) is 4.79 Å². The second-order valence-electron chi connectivity index (χ2n) is 6.50. The summed E-state index contributed by atoms with van der Waals surface area (Å²) in [6, 6.07) is 0. The van der Waals surface area contributed by atoms with Crippen LogP contribution in [0.25, 0.3) is 0 Å². The largest absolute Gasteiger partial charge is 0.446 e. The first-order valence-corrected chi connectivity index (χ1v) is 6.89. The molecule has 2 atom stereocenters. The Morgan fingerprint density at radius 2 is 1.84 bits per heavy atom. The molecular formula is C14H26N2O3. The highest BCUT2D eigenvalue weighted by Gasteiger charge is 2.30. The van der Waals surface area contributed by atoms with Gasteiger partial charge in [-0.1, -0.05) is 0 Å². The predicted molar refractivity (Wildman–Crippen MR) is 73.8 cm³/mol. The van der Waals surface area contributed by atoms with Crippen molar-refractivity contribution in [1.29, 1.82) is 0 Å². The minimum Gasteiger partial charge on any atom is -0.446 e. The topological polar surface area (TPSA) is 58.6 Å². The van der Waals surface area contributed by atoms with Gasteiger partial charge in [0.15, 0.2) is 0 Å². The summed E-state index contributed by atoms with van der Waals surface area (Å²) in [5.74, 6) is 0.112. The van der Waals surface area contributed by atoms with Crippen LogP contribution in [-0.2, 0) is 9.53 Å². The third-order valence-electron chi connectivity index (χ3n) is 3.17. The quantitative estimate of drug-likeness (QED) is 0.836. The fourth-order valence-electron chi connectivity index (χ4n) is 2.33. The van der Waals surface area contributed by atoms with Crippen molar-refractivity contribution in [2.45, 2.75) is 58.1 Å². The predicted octanol–water partition coefficient (Wildman–Crippen LogP) is 2.16. The standard InChI is InChI=1S/C14H26N2O3/c1-14(2,3)15-13(18)19-11-8-6-7-10(9-11)12(17)16(4)5/h10-11H,6-9H2,1-5H3,(H,15,18). The molecule has 0 aromatic carbocycles. The molecule has 0 radical (unpaired) electrons. The van der Waals surface area contributed by atoms with Gasteiger partial charge in [0.05, 0.1) is 0 Å². The summed E-state index contributed by atoms with van der Waals surface area (Å²) in [7, 11) is 3.53. The molecule has 0 saturated heterocycles. The monoisotopic (exact) mass is 270 g/mol. The number of nitrogens with zero attached hydrogens (tertiary/aromatic N) is 1. The second-order valence-corrected chi connectivity index (χ2v) is 6.50. The highest BCUT2D eigenvalue weighted by molar-refractivity contribution is 5.78. The van der Waals surface area contributed by atoms with Crippen LogP contribution in [0.4, 0.5) is 4.79 Å². The minimum atomic E-state index is -0.393. The molecule has 5 nitrogen and oxygen atoms in total. The molecule has 1 saturated carbocycles. The molecule has 1 N–H and O–H groups in total. The van der Waals surface area contributed by atoms with Gasteiger partial charge in [0.25, 0.3) is 0 Å². The molecule has 0 bridgehead atoms. The third-order valence-corrected chi connectivity index (χ3v) is 3.17. The number of hydrogen-bond donors (Lipinski definition) is 1. The van der Waals surface area contributed by atoms with Crippen molar-refractivity contribution in [2.75, 3.05) is 14.1 Å². The zero-order chi connectivity index (χ0) is 14.6. The van der Waals surface area contributed by atoms with E-state index in [4.69, 9.17) is 4.74 Å². The molecule has 0 spiro atoms. The Bertz CT molecular complexity index is 334. The van der Waals surface area contributed by atoms with E-state index in [2.05, 4.69) is 5.32 Å². The van der Waals surface area contributed by atoms with E-state index in [-0.39, 0.29) is 23.5 Å². The van der Waals surface area contributed by atoms with Crippen LogP contribution < -0.4 is 5.32 Å². The lowest BCUT2D eigenvalue weighted by atomic mass is 9.86. The van der Waals surface area contributed by atoms with E-state index in [1.165, 1.54) is 0 Å². The fraction of sp³-hybridized carbons (Fsp3) is 0.857. The lowest BCUT2D eigenvalue weighted by molar-refractivity contribution is -0.135. The first kappa shape index (κ1) is 15.8. The Morgan fingerprint density at radius 1 is 1.21 bits per heavy atom. The Morgan fingerprint density at radius 3 is 2.37 bits per heavy atom. The Kier molecular flexibility index (Phi) is 5.20. The lowest BCUT2D eigenvalue weighted by Gasteiger charge is -2.30. The van der Waals surface area contributed by atoms with Crippen molar-refractivity contribution in [2.24, 2.45) is 5.92 Å². The normalized spacial score (nSPS) is 23.6. The van der Waals surface area contributed by atoms with Crippen molar-refractivity contribution < 1.29 is 14.3 Å². The molecule has 2 unspecified atom stereocenters. The van der Waals surface area contributed by atoms with Crippen molar-refractivity contribution in [1.82, 2.24) is 10.2 Å². The summed E-state index contributed by atoms with van der Waals surface area (Å²) in [6.07, 6.45) is 2.75. The molecule has 0 aromatic heterocycles. The zero-order valence-corrected chi connectivity index (χ0v) is 12.7. The molecule has 1 fully saturated rings. The van der Waals surface area contributed by atoms with Gasteiger partial charge in [0.2, 0.25) is 5.91 Å². The number of hydrogen-bond acceptors (Lipinski definition) is 3. The molecule has 2 amide bonds. The summed E-state index contributed by atoms with van der Waals surface area (Å²) >= 11 is 0. The van der Waals surface area contributed by atoms with Crippen LogP contribution in [0.5, 0.6) is 0 Å². The van der Waals surface area contributed by atoms with E-state index in [0.29, 0.717) is 6.42 Å². The zero-order valence-electron chi connectivity index (χ0n) is 12.7. The van der Waals surface area contributed by atoms with Crippen LogP contribution in [0.15, 0.2) is 0 Å². The Labute approximate surface area is 115 Å². The number of ether oxygens (including phenoxy) is 1. The Balaban J connectivity index is 2.47. The summed E-state index contributed by atoms with van der Waals surface area (Å²) in [5, 5.41) is 2.78. The van der Waals surface area contributed by atoms with Crippen LogP contribution in [-0.4, -0.2) is 42.6 Å². The van der Waals surface area contributed by atoms with E-state index in [9.17, 15) is 9.59 Å². The van der Waals surface area contributed by atoms with Crippen LogP contribution >= 0.6 is 0 Å². The van der Waals surface area contributed by atoms with Crippen LogP contribution in [0.2, 0.25) is 0 Å². The van der Waals surface area contributed by atoms with E-state index in [1.807, 2.05) is 20.8 Å². The molecule has 110 valence electrons. The van der Waals surface area contributed by atoms with Gasteiger partial charge in [-0.3, -0.25) is 4.79 Å². The van der Waals surface area contributed by atoms with Crippen molar-refractivity contribution in [3.8, 4) is 0 Å². The second kappa shape index (κ2) is 6.26. The van der Waals surface area contributed by atoms with Crippen LogP contribution in [0.3, 0.4) is 0 Å². The third kappa shape index (κ3) is 5.49. The Hall–Kier alpha value is -1.26. The summed E-state index contributed by atoms with van der Waals surface area (Å²) in [4.78, 5) is 25.2. The number of carbonyl (C=O) groups excluding carboxylic acids is 2. The number of carbonyl (C=O) groups is 2. The van der Waals surface area contributed by atoms with Crippen LogP contribution in [0.1, 0.15) is 46.5 Å². The van der Waals surface area contributed by atoms with E-state index < -0.39 is 6.09 Å². The average Bonchev–Trinajstić information content (AvgIpc) is 2.25. The molecule has 1 aliphatic rings. The molecule has 5 heteroatoms. The maximum absolute atomic E-state index is 11.9. The smallest absolute Gasteiger partial charge is 0.407 e. The van der Waals surface area contributed by atoms with Gasteiger partial charge in [-0.2, -0.15) is 0 Å². The number of nitrogens with one attached hydrogen (secondary N) is 1. The molecular weight excluding hydrogens is 244 g/mol. The first-order chi connectivity index (χ1) is 8.69. The van der Waals surface area contributed by atoms with Crippen molar-refractivity contribution >= 4 is 12.0 Å². The van der Waals surface area contributed by atoms with Gasteiger partial charge in [0, 0.05) is 25.6 Å². The summed E-state index contributed by atoms with van der Waals surface area (Å²) < 4.78 is 5.41. The number of alkyl carbamates (subject to hydrolysis) is 1. The van der Waals surface area contributed by atoms with Gasteiger partial charge in [-0.05, 0) is 46.5 Å². The summed E-state index contributed by atoms with van der Waals surface area (Å²) in [6.45, 7) is 5.73. The van der Waals surface area contributed by atoms with E-state index in [0.717, 1.165) is 19.3 Å². The molecule has 0 heterocycles. The van der Waals surface area contributed by atoms with Gasteiger partial charge < -0.3 is 15.0 Å². The first-order valence-electron chi connectivity index (χ1n) is 6.89. The lowest BCUT2D eigenvalue weighted by Crippen LogP contribution is -2.43. The highest BCUT2D eigenvalue weighted by Crippen LogP contribution is 2.27. The van der Waals surface area contributed by atoms with Gasteiger partial charge in [-0.15, -0.1) is 0 Å². The van der Waals surface area contributed by atoms with E-state index in [1.54, 1.807) is 19.0 Å². The number of rotatable bonds is 2. The molecule has 0 aliphatic heterocycles. The molecule has 19 heavy (non-hydrogen) atoms. The molecule has 1 rings (SSSR count). The average molecular weight is 270 g/mol. The minimum absolute atomic E-state index is 0.0174. The van der Waals surface area contributed by atoms with E-state index >= 15 is 0 Å². The fourth-order valence-corrected chi connectivity index (χ4v) is 2.33. The van der Waals surface area contributed by atoms with Gasteiger partial charge in [0.1, 0.15) is 6.10 Å². The summed E-state index contributed by atoms with van der Waals surface area (Å²) in [5.41, 5.74) is -0.301. The van der Waals surface area contributed by atoms with Crippen molar-refractivity contribution in [3.63, 3.8) is 0 Å². The van der Waals surface area contributed by atoms with Gasteiger partial charge >= 0.3 is 6.09 Å². The molecule has 0 aromatic rings. The molecule has 1 aliphatic carbocycles. The SMILES string of the molecule is CN(C)C(=O)C1CCCC(OC(=O)NC(C)(C)C)C1. The highest BCUT2D eigenvalue weighted by atomic mass is 16.6.